The second-order valence-electron chi connectivity index (χ2n) is 3.15. The number of aryl methyl sites for hydroxylation is 1. The van der Waals surface area contributed by atoms with Crippen LogP contribution in [-0.2, 0) is 17.7 Å². The van der Waals surface area contributed by atoms with Crippen molar-refractivity contribution >= 4 is 22.6 Å². The normalized spacial score (nSPS) is 12.2. The molecule has 0 bridgehead atoms. The van der Waals surface area contributed by atoms with Gasteiger partial charge in [0.2, 0.25) is 0 Å². The minimum atomic E-state index is -2.52. The van der Waals surface area contributed by atoms with Crippen molar-refractivity contribution in [1.29, 1.82) is 0 Å². The van der Waals surface area contributed by atoms with Gasteiger partial charge in [-0.15, -0.1) is 0 Å². The second-order valence-corrected chi connectivity index (χ2v) is 4.13. The van der Waals surface area contributed by atoms with E-state index < -0.39 is 16.2 Å². The van der Waals surface area contributed by atoms with E-state index >= 15 is 0 Å². The van der Waals surface area contributed by atoms with Crippen molar-refractivity contribution in [1.82, 2.24) is 0 Å². The average molecular weight is 243 g/mol. The van der Waals surface area contributed by atoms with E-state index in [9.17, 15) is 18.9 Å². The van der Waals surface area contributed by atoms with Crippen LogP contribution in [0.25, 0.3) is 0 Å². The summed E-state index contributed by atoms with van der Waals surface area (Å²) in [6.07, 6.45) is 0.685. The Balaban J connectivity index is 3.30. The lowest BCUT2D eigenvalue weighted by molar-refractivity contribution is -0.384. The topological polar surface area (TPSA) is 86.5 Å². The van der Waals surface area contributed by atoms with E-state index in [1.54, 1.807) is 6.07 Å². The summed E-state index contributed by atoms with van der Waals surface area (Å²) in [4.78, 5) is 10.1. The van der Waals surface area contributed by atoms with E-state index in [-0.39, 0.29) is 11.4 Å². The minimum absolute atomic E-state index is 0.0812. The van der Waals surface area contributed by atoms with Gasteiger partial charge >= 0.3 is 0 Å². The number of rotatable bonds is 4. The maximum atomic E-state index is 10.8. The summed E-state index contributed by atoms with van der Waals surface area (Å²) < 4.78 is 22.4. The fourth-order valence-corrected chi connectivity index (χ4v) is 1.58. The highest BCUT2D eigenvalue weighted by Crippen LogP contribution is 2.29. The van der Waals surface area contributed by atoms with Crippen LogP contribution in [-0.4, -0.2) is 20.7 Å². The highest BCUT2D eigenvalue weighted by Gasteiger charge is 2.17. The number of benzene rings is 1. The monoisotopic (exact) mass is 243 g/mol. The van der Waals surface area contributed by atoms with Gasteiger partial charge in [-0.1, -0.05) is 13.0 Å². The Morgan fingerprint density at radius 3 is 2.56 bits per heavy atom. The first-order valence-electron chi connectivity index (χ1n) is 4.57. The molecule has 0 aliphatic rings. The van der Waals surface area contributed by atoms with Gasteiger partial charge in [-0.25, -0.2) is 0 Å². The maximum Gasteiger partial charge on any atom is 0.293 e. The molecule has 0 fully saturated rings. The quantitative estimate of drug-likeness (QED) is 0.454. The molecule has 0 heterocycles. The lowest BCUT2D eigenvalue weighted by Crippen LogP contribution is -2.20. The molecule has 0 spiro atoms. The van der Waals surface area contributed by atoms with Gasteiger partial charge in [0.05, 0.1) is 4.92 Å². The maximum absolute atomic E-state index is 10.8. The molecule has 6 nitrogen and oxygen atoms in total. The Bertz CT molecular complexity index is 436. The molecule has 1 aromatic carbocycles. The Morgan fingerprint density at radius 2 is 2.12 bits per heavy atom. The molecular formula is C9H11N2O4S-. The lowest BCUT2D eigenvalue weighted by Gasteiger charge is -2.21. The molecule has 0 aliphatic carbocycles. The lowest BCUT2D eigenvalue weighted by atomic mass is 10.1. The molecule has 1 atom stereocenters. The van der Waals surface area contributed by atoms with Gasteiger partial charge in [-0.3, -0.25) is 18.6 Å². The molecule has 88 valence electrons. The van der Waals surface area contributed by atoms with Gasteiger partial charge in [-0.05, 0) is 18.1 Å². The Labute approximate surface area is 95.5 Å². The van der Waals surface area contributed by atoms with Crippen molar-refractivity contribution in [3.05, 3.63) is 33.9 Å². The van der Waals surface area contributed by atoms with Crippen molar-refractivity contribution in [2.45, 2.75) is 13.3 Å². The van der Waals surface area contributed by atoms with E-state index in [1.165, 1.54) is 19.2 Å². The van der Waals surface area contributed by atoms with Crippen LogP contribution in [0.4, 0.5) is 11.4 Å². The Morgan fingerprint density at radius 1 is 1.50 bits per heavy atom. The summed E-state index contributed by atoms with van der Waals surface area (Å²) in [7, 11) is 1.27. The summed E-state index contributed by atoms with van der Waals surface area (Å²) in [5.74, 6) is 0. The third kappa shape index (κ3) is 2.56. The molecule has 1 unspecified atom stereocenters. The highest BCUT2D eigenvalue weighted by atomic mass is 32.2. The highest BCUT2D eigenvalue weighted by molar-refractivity contribution is 7.80. The van der Waals surface area contributed by atoms with Crippen LogP contribution in [0.1, 0.15) is 12.5 Å². The SMILES string of the molecule is CCc1ccc([N+](=O)[O-])c(N(C)S(=O)[O-])c1. The number of nitro groups is 1. The van der Waals surface area contributed by atoms with Crippen LogP contribution >= 0.6 is 0 Å². The van der Waals surface area contributed by atoms with Crippen LogP contribution in [0.2, 0.25) is 0 Å². The molecular weight excluding hydrogens is 232 g/mol. The summed E-state index contributed by atoms with van der Waals surface area (Å²) in [6.45, 7) is 1.89. The number of nitro benzene ring substituents is 1. The van der Waals surface area contributed by atoms with E-state index in [4.69, 9.17) is 0 Å². The van der Waals surface area contributed by atoms with Gasteiger partial charge < -0.3 is 4.55 Å². The zero-order valence-electron chi connectivity index (χ0n) is 8.87. The fraction of sp³-hybridized carbons (Fsp3) is 0.333. The summed E-state index contributed by atoms with van der Waals surface area (Å²) in [5.41, 5.74) is 0.708. The van der Waals surface area contributed by atoms with Crippen LogP contribution in [0, 0.1) is 10.1 Å². The van der Waals surface area contributed by atoms with Crippen molar-refractivity contribution in [2.24, 2.45) is 0 Å². The van der Waals surface area contributed by atoms with E-state index in [1.807, 2.05) is 6.92 Å². The van der Waals surface area contributed by atoms with Crippen molar-refractivity contribution in [3.63, 3.8) is 0 Å². The van der Waals surface area contributed by atoms with E-state index in [0.29, 0.717) is 6.42 Å². The first-order valence-corrected chi connectivity index (χ1v) is 5.61. The molecule has 16 heavy (non-hydrogen) atoms. The average Bonchev–Trinajstić information content (AvgIpc) is 2.26. The fourth-order valence-electron chi connectivity index (χ4n) is 1.28. The van der Waals surface area contributed by atoms with Crippen LogP contribution in [0.15, 0.2) is 18.2 Å². The number of anilines is 1. The van der Waals surface area contributed by atoms with Crippen molar-refractivity contribution in [3.8, 4) is 0 Å². The van der Waals surface area contributed by atoms with Gasteiger partial charge in [0, 0.05) is 24.4 Å². The number of nitrogens with zero attached hydrogens (tertiary/aromatic N) is 2. The first kappa shape index (κ1) is 12.6. The van der Waals surface area contributed by atoms with E-state index in [0.717, 1.165) is 9.87 Å². The molecule has 0 radical (unpaired) electrons. The van der Waals surface area contributed by atoms with Gasteiger partial charge in [0.25, 0.3) is 5.69 Å². The first-order chi connectivity index (χ1) is 7.47. The number of hydrogen-bond acceptors (Lipinski definition) is 4. The van der Waals surface area contributed by atoms with Crippen molar-refractivity contribution < 1.29 is 13.7 Å². The molecule has 0 amide bonds. The minimum Gasteiger partial charge on any atom is -0.755 e. The van der Waals surface area contributed by atoms with Crippen LogP contribution in [0.5, 0.6) is 0 Å². The molecule has 7 heteroatoms. The summed E-state index contributed by atoms with van der Waals surface area (Å²) in [5, 5.41) is 10.7. The smallest absolute Gasteiger partial charge is 0.293 e. The van der Waals surface area contributed by atoms with Crippen molar-refractivity contribution in [2.75, 3.05) is 11.4 Å². The number of hydrogen-bond donors (Lipinski definition) is 0. The predicted molar refractivity (Wildman–Crippen MR) is 59.8 cm³/mol. The van der Waals surface area contributed by atoms with Gasteiger partial charge in [-0.2, -0.15) is 0 Å². The standard InChI is InChI=1S/C9H12N2O4S/c1-3-7-4-5-8(11(12)13)9(6-7)10(2)16(14)15/h4-6H,3H2,1-2H3,(H,14,15)/p-1. The van der Waals surface area contributed by atoms with Crippen LogP contribution < -0.4 is 4.31 Å². The molecule has 1 rings (SSSR count). The van der Waals surface area contributed by atoms with Gasteiger partial charge in [0.15, 0.2) is 0 Å². The Kier molecular flexibility index (Phi) is 3.97. The molecule has 0 saturated heterocycles. The third-order valence-corrected chi connectivity index (χ3v) is 2.85. The summed E-state index contributed by atoms with van der Waals surface area (Å²) >= 11 is -2.52. The molecule has 0 N–H and O–H groups in total. The zero-order chi connectivity index (χ0) is 12.3. The predicted octanol–water partition coefficient (Wildman–Crippen LogP) is 1.39. The van der Waals surface area contributed by atoms with Crippen LogP contribution in [0.3, 0.4) is 0 Å². The van der Waals surface area contributed by atoms with Gasteiger partial charge in [0.1, 0.15) is 5.69 Å². The largest absolute Gasteiger partial charge is 0.755 e. The molecule has 1 aromatic rings. The molecule has 0 aromatic heterocycles. The Hall–Kier alpha value is -1.47. The third-order valence-electron chi connectivity index (χ3n) is 2.21. The molecule has 0 saturated carbocycles. The molecule has 0 aliphatic heterocycles. The summed E-state index contributed by atoms with van der Waals surface area (Å²) in [6, 6.07) is 4.44. The van der Waals surface area contributed by atoms with E-state index in [2.05, 4.69) is 0 Å². The second kappa shape index (κ2) is 5.04. The zero-order valence-corrected chi connectivity index (χ0v) is 9.69.